The monoisotopic (exact) mass is 473 g/mol. The molecule has 2 aromatic heterocycles. The molecule has 0 radical (unpaired) electrons. The number of aromatic nitrogens is 4. The number of hydrogen-bond acceptors (Lipinski definition) is 6. The van der Waals surface area contributed by atoms with Gasteiger partial charge in [-0.25, -0.2) is 14.2 Å². The number of nitro groups is 1. The van der Waals surface area contributed by atoms with E-state index in [-0.39, 0.29) is 28.9 Å². The van der Waals surface area contributed by atoms with Gasteiger partial charge in [-0.15, -0.1) is 0 Å². The standard InChI is InChI=1S/C25H20FN5O4/c26-12-16-11-21-24(35-25(32)15-5-7-17(8-6-15)31(33)34)20(9-10-30(21)28-16)23-19-4-2-1-3-18(19)22-13-27-14-29(22)23/h1-8,11,13-14,20,23-24H,9-10,12H2. The van der Waals surface area contributed by atoms with Gasteiger partial charge in [0.05, 0.1) is 46.1 Å². The third-order valence-corrected chi connectivity index (χ3v) is 6.83. The van der Waals surface area contributed by atoms with Crippen molar-refractivity contribution in [3.63, 3.8) is 0 Å². The summed E-state index contributed by atoms with van der Waals surface area (Å²) in [5, 5.41) is 15.3. The summed E-state index contributed by atoms with van der Waals surface area (Å²) in [4.78, 5) is 28.0. The summed E-state index contributed by atoms with van der Waals surface area (Å²) in [6.45, 7) is -0.153. The molecular formula is C25H20FN5O4. The molecule has 4 aromatic rings. The molecule has 2 aliphatic heterocycles. The number of fused-ring (bicyclic) bond motifs is 4. The maximum atomic E-state index is 13.5. The number of imidazole rings is 1. The van der Waals surface area contributed by atoms with Crippen LogP contribution in [0.15, 0.2) is 67.1 Å². The van der Waals surface area contributed by atoms with E-state index in [1.807, 2.05) is 18.3 Å². The zero-order valence-electron chi connectivity index (χ0n) is 18.5. The fraction of sp³-hybridized carbons (Fsp3) is 0.240. The van der Waals surface area contributed by atoms with Gasteiger partial charge in [0.1, 0.15) is 12.8 Å². The van der Waals surface area contributed by atoms with Crippen LogP contribution in [0.5, 0.6) is 0 Å². The van der Waals surface area contributed by atoms with Gasteiger partial charge >= 0.3 is 5.97 Å². The second kappa shape index (κ2) is 8.15. The molecule has 0 amide bonds. The van der Waals surface area contributed by atoms with Crippen LogP contribution in [-0.4, -0.2) is 30.2 Å². The Morgan fingerprint density at radius 1 is 1.20 bits per heavy atom. The van der Waals surface area contributed by atoms with Gasteiger partial charge in [0, 0.05) is 30.2 Å². The summed E-state index contributed by atoms with van der Waals surface area (Å²) in [5.74, 6) is -0.770. The van der Waals surface area contributed by atoms with Gasteiger partial charge in [0.25, 0.3) is 5.69 Å². The van der Waals surface area contributed by atoms with Crippen LogP contribution in [0.4, 0.5) is 10.1 Å². The molecule has 0 N–H and O–H groups in total. The van der Waals surface area contributed by atoms with Gasteiger partial charge in [0.2, 0.25) is 0 Å². The van der Waals surface area contributed by atoms with E-state index in [0.29, 0.717) is 18.7 Å². The molecule has 0 fully saturated rings. The molecule has 6 rings (SSSR count). The third-order valence-electron chi connectivity index (χ3n) is 6.83. The lowest BCUT2D eigenvalue weighted by molar-refractivity contribution is -0.384. The van der Waals surface area contributed by atoms with Gasteiger partial charge < -0.3 is 9.30 Å². The summed E-state index contributed by atoms with van der Waals surface area (Å²) in [5.41, 5.74) is 4.20. The van der Waals surface area contributed by atoms with Crippen molar-refractivity contribution in [2.75, 3.05) is 0 Å². The number of carbonyl (C=O) groups excluding carboxylic acids is 1. The fourth-order valence-corrected chi connectivity index (χ4v) is 5.29. The summed E-state index contributed by atoms with van der Waals surface area (Å²) < 4.78 is 23.3. The van der Waals surface area contributed by atoms with E-state index in [0.717, 1.165) is 16.8 Å². The number of nitro benzene ring substituents is 1. The Morgan fingerprint density at radius 2 is 2.00 bits per heavy atom. The number of halogens is 1. The molecule has 0 bridgehead atoms. The average Bonchev–Trinajstić information content (AvgIpc) is 3.59. The third kappa shape index (κ3) is 3.40. The van der Waals surface area contributed by atoms with Gasteiger partial charge in [-0.1, -0.05) is 24.3 Å². The number of esters is 1. The average molecular weight is 473 g/mol. The maximum Gasteiger partial charge on any atom is 0.338 e. The van der Waals surface area contributed by atoms with E-state index < -0.39 is 23.7 Å². The van der Waals surface area contributed by atoms with Crippen molar-refractivity contribution in [1.82, 2.24) is 19.3 Å². The highest BCUT2D eigenvalue weighted by Gasteiger charge is 2.44. The Morgan fingerprint density at radius 3 is 2.77 bits per heavy atom. The molecule has 3 atom stereocenters. The molecule has 2 aromatic carbocycles. The molecule has 0 saturated carbocycles. The minimum absolute atomic E-state index is 0.113. The van der Waals surface area contributed by atoms with Crippen LogP contribution in [0.2, 0.25) is 0 Å². The lowest BCUT2D eigenvalue weighted by Gasteiger charge is -2.36. The second-order valence-electron chi connectivity index (χ2n) is 8.72. The number of rotatable bonds is 5. The van der Waals surface area contributed by atoms with E-state index in [1.54, 1.807) is 17.1 Å². The van der Waals surface area contributed by atoms with Crippen LogP contribution in [0.1, 0.15) is 45.9 Å². The minimum atomic E-state index is -0.717. The normalized spacial score (nSPS) is 20.1. The summed E-state index contributed by atoms with van der Waals surface area (Å²) in [7, 11) is 0. The number of ether oxygens (including phenoxy) is 1. The van der Waals surface area contributed by atoms with E-state index in [2.05, 4.69) is 26.8 Å². The molecule has 3 unspecified atom stereocenters. The largest absolute Gasteiger partial charge is 0.452 e. The molecule has 176 valence electrons. The van der Waals surface area contributed by atoms with Crippen molar-refractivity contribution in [3.8, 4) is 11.3 Å². The maximum absolute atomic E-state index is 13.5. The predicted molar refractivity (Wildman–Crippen MR) is 122 cm³/mol. The fourth-order valence-electron chi connectivity index (χ4n) is 5.29. The summed E-state index contributed by atoms with van der Waals surface area (Å²) in [6, 6.07) is 14.9. The minimum Gasteiger partial charge on any atom is -0.452 e. The first-order valence-electron chi connectivity index (χ1n) is 11.2. The van der Waals surface area contributed by atoms with Crippen molar-refractivity contribution in [2.24, 2.45) is 5.92 Å². The first-order valence-corrected chi connectivity index (χ1v) is 11.2. The highest BCUT2D eigenvalue weighted by Crippen LogP contribution is 2.50. The topological polar surface area (TPSA) is 105 Å². The molecule has 0 aliphatic carbocycles. The van der Waals surface area contributed by atoms with Gasteiger partial charge in [-0.3, -0.25) is 14.8 Å². The van der Waals surface area contributed by atoms with Crippen LogP contribution in [0.3, 0.4) is 0 Å². The first kappa shape index (κ1) is 21.2. The molecule has 9 nitrogen and oxygen atoms in total. The Kier molecular flexibility index (Phi) is 4.94. The van der Waals surface area contributed by atoms with Crippen LogP contribution in [0, 0.1) is 16.0 Å². The Labute approximate surface area is 198 Å². The van der Waals surface area contributed by atoms with Gasteiger partial charge in [-0.05, 0) is 30.2 Å². The number of alkyl halides is 1. The Hall–Kier alpha value is -4.34. The Balaban J connectivity index is 1.40. The zero-order chi connectivity index (χ0) is 24.1. The van der Waals surface area contributed by atoms with Crippen molar-refractivity contribution < 1.29 is 18.8 Å². The molecular weight excluding hydrogens is 453 g/mol. The number of non-ortho nitro benzene ring substituents is 1. The summed E-state index contributed by atoms with van der Waals surface area (Å²) >= 11 is 0. The zero-order valence-corrected chi connectivity index (χ0v) is 18.5. The number of aryl methyl sites for hydroxylation is 1. The second-order valence-corrected chi connectivity index (χ2v) is 8.72. The molecule has 35 heavy (non-hydrogen) atoms. The number of benzene rings is 2. The lowest BCUT2D eigenvalue weighted by atomic mass is 9.82. The van der Waals surface area contributed by atoms with Crippen molar-refractivity contribution in [2.45, 2.75) is 31.8 Å². The van der Waals surface area contributed by atoms with E-state index in [1.165, 1.54) is 24.3 Å². The SMILES string of the molecule is O=C(OC1c2cc(CF)nn2CCC1C1c2ccccc2-c2cncn21)c1ccc([N+](=O)[O-])cc1. The molecule has 4 heterocycles. The molecule has 10 heteroatoms. The number of nitrogens with zero attached hydrogens (tertiary/aromatic N) is 5. The number of carbonyl (C=O) groups is 1. The smallest absolute Gasteiger partial charge is 0.338 e. The molecule has 2 aliphatic rings. The highest BCUT2D eigenvalue weighted by molar-refractivity contribution is 5.89. The van der Waals surface area contributed by atoms with E-state index >= 15 is 0 Å². The molecule has 0 saturated heterocycles. The van der Waals surface area contributed by atoms with Crippen LogP contribution < -0.4 is 0 Å². The predicted octanol–water partition coefficient (Wildman–Crippen LogP) is 4.65. The van der Waals surface area contributed by atoms with E-state index in [4.69, 9.17) is 4.74 Å². The van der Waals surface area contributed by atoms with Gasteiger partial charge in [0.15, 0.2) is 0 Å². The van der Waals surface area contributed by atoms with Crippen LogP contribution in [-0.2, 0) is 18.0 Å². The first-order chi connectivity index (χ1) is 17.0. The van der Waals surface area contributed by atoms with Gasteiger partial charge in [-0.2, -0.15) is 5.10 Å². The lowest BCUT2D eigenvalue weighted by Crippen LogP contribution is -2.34. The van der Waals surface area contributed by atoms with E-state index in [9.17, 15) is 19.3 Å². The van der Waals surface area contributed by atoms with Crippen molar-refractivity contribution in [1.29, 1.82) is 0 Å². The molecule has 0 spiro atoms. The highest BCUT2D eigenvalue weighted by atomic mass is 19.1. The quantitative estimate of drug-likeness (QED) is 0.237. The number of hydrogen-bond donors (Lipinski definition) is 0. The summed E-state index contributed by atoms with van der Waals surface area (Å²) in [6.07, 6.45) is 3.56. The van der Waals surface area contributed by atoms with Crippen molar-refractivity contribution in [3.05, 3.63) is 99.8 Å². The van der Waals surface area contributed by atoms with Crippen molar-refractivity contribution >= 4 is 11.7 Å². The van der Waals surface area contributed by atoms with Crippen LogP contribution >= 0.6 is 0 Å². The van der Waals surface area contributed by atoms with Crippen LogP contribution in [0.25, 0.3) is 11.3 Å². The Bertz CT molecular complexity index is 1440.